The van der Waals surface area contributed by atoms with Crippen LogP contribution in [0.25, 0.3) is 0 Å². The fourth-order valence-electron chi connectivity index (χ4n) is 1.43. The minimum absolute atomic E-state index is 0.0988. The Balaban J connectivity index is 3.32. The third kappa shape index (κ3) is 2.29. The zero-order valence-corrected chi connectivity index (χ0v) is 9.21. The highest BCUT2D eigenvalue weighted by Crippen LogP contribution is 2.29. The molecule has 0 unspecified atom stereocenters. The molecular weight excluding hydrogens is 218 g/mol. The van der Waals surface area contributed by atoms with Crippen LogP contribution in [0.3, 0.4) is 0 Å². The molecule has 0 atom stereocenters. The van der Waals surface area contributed by atoms with E-state index in [0.717, 1.165) is 0 Å². The molecule has 0 aliphatic heterocycles. The number of benzene rings is 1. The summed E-state index contributed by atoms with van der Waals surface area (Å²) < 4.78 is 34.6. The van der Waals surface area contributed by atoms with Crippen molar-refractivity contribution in [3.8, 4) is 11.5 Å². The third-order valence-corrected chi connectivity index (χ3v) is 2.17. The Morgan fingerprint density at radius 1 is 1.25 bits per heavy atom. The molecule has 0 heterocycles. The van der Waals surface area contributed by atoms with Crippen LogP contribution in [0.2, 0.25) is 0 Å². The van der Waals surface area contributed by atoms with Gasteiger partial charge in [-0.15, -0.1) is 0 Å². The molecule has 1 aromatic carbocycles. The van der Waals surface area contributed by atoms with Gasteiger partial charge in [-0.25, -0.2) is 8.78 Å². The number of alkyl halides is 2. The van der Waals surface area contributed by atoms with E-state index >= 15 is 0 Å². The molecule has 0 spiro atoms. The maximum Gasteiger partial charge on any atom is 0.300 e. The second kappa shape index (κ2) is 4.92. The van der Waals surface area contributed by atoms with E-state index in [4.69, 9.17) is 9.47 Å². The Morgan fingerprint density at radius 2 is 1.88 bits per heavy atom. The number of Topliss-reactive ketones (excluding diaryl/α,β-unsaturated/α-hetero) is 1. The summed E-state index contributed by atoms with van der Waals surface area (Å²) in [5, 5.41) is 0. The van der Waals surface area contributed by atoms with Gasteiger partial charge in [0.05, 0.1) is 19.8 Å². The van der Waals surface area contributed by atoms with E-state index < -0.39 is 12.2 Å². The summed E-state index contributed by atoms with van der Waals surface area (Å²) >= 11 is 0. The molecule has 0 saturated heterocycles. The highest BCUT2D eigenvalue weighted by Gasteiger charge is 2.24. The molecule has 0 radical (unpaired) electrons. The van der Waals surface area contributed by atoms with Gasteiger partial charge in [-0.1, -0.05) is 0 Å². The van der Waals surface area contributed by atoms with Crippen molar-refractivity contribution in [2.75, 3.05) is 14.2 Å². The number of ketones is 1. The summed E-state index contributed by atoms with van der Waals surface area (Å²) in [5.41, 5.74) is 0.305. The number of aryl methyl sites for hydroxylation is 1. The average Bonchev–Trinajstić information content (AvgIpc) is 2.26. The number of hydrogen-bond donors (Lipinski definition) is 0. The Hall–Kier alpha value is -1.65. The first-order valence-corrected chi connectivity index (χ1v) is 4.56. The van der Waals surface area contributed by atoms with E-state index in [1.165, 1.54) is 26.4 Å². The Kier molecular flexibility index (Phi) is 3.82. The lowest BCUT2D eigenvalue weighted by molar-refractivity contribution is 0.0674. The molecule has 1 rings (SSSR count). The normalized spacial score (nSPS) is 10.4. The van der Waals surface area contributed by atoms with Crippen LogP contribution in [0, 0.1) is 6.92 Å². The van der Waals surface area contributed by atoms with E-state index in [1.807, 2.05) is 0 Å². The van der Waals surface area contributed by atoms with E-state index in [0.29, 0.717) is 11.3 Å². The van der Waals surface area contributed by atoms with Gasteiger partial charge < -0.3 is 9.47 Å². The van der Waals surface area contributed by atoms with Crippen molar-refractivity contribution in [3.63, 3.8) is 0 Å². The molecule has 0 saturated carbocycles. The van der Waals surface area contributed by atoms with Crippen molar-refractivity contribution in [2.24, 2.45) is 0 Å². The molecule has 0 amide bonds. The summed E-state index contributed by atoms with van der Waals surface area (Å²) in [6.07, 6.45) is -3.04. The number of methoxy groups -OCH3 is 2. The Labute approximate surface area is 92.0 Å². The predicted octanol–water partition coefficient (Wildman–Crippen LogP) is 2.46. The number of carbonyl (C=O) groups is 1. The predicted molar refractivity (Wildman–Crippen MR) is 54.6 cm³/mol. The molecule has 0 aliphatic rings. The number of ether oxygens (including phenoxy) is 2. The summed E-state index contributed by atoms with van der Waals surface area (Å²) in [7, 11) is 2.76. The van der Waals surface area contributed by atoms with Crippen LogP contribution in [0.1, 0.15) is 15.9 Å². The van der Waals surface area contributed by atoms with Crippen LogP contribution < -0.4 is 9.47 Å². The van der Waals surface area contributed by atoms with E-state index in [9.17, 15) is 13.6 Å². The Morgan fingerprint density at radius 3 is 2.31 bits per heavy atom. The quantitative estimate of drug-likeness (QED) is 0.745. The van der Waals surface area contributed by atoms with Gasteiger partial charge in [0.2, 0.25) is 5.78 Å². The number of rotatable bonds is 4. The van der Waals surface area contributed by atoms with Gasteiger partial charge in [0.1, 0.15) is 11.5 Å². The monoisotopic (exact) mass is 230 g/mol. The lowest BCUT2D eigenvalue weighted by Gasteiger charge is -2.12. The van der Waals surface area contributed by atoms with Crippen LogP contribution in [0.4, 0.5) is 8.78 Å². The SMILES string of the molecule is COc1cc(C)c(C(=O)C(F)F)c(OC)c1. The van der Waals surface area contributed by atoms with Crippen LogP contribution >= 0.6 is 0 Å². The van der Waals surface area contributed by atoms with Crippen molar-refractivity contribution < 1.29 is 23.0 Å². The molecular formula is C11H12F2O3. The molecule has 0 N–H and O–H groups in total. The fourth-order valence-corrected chi connectivity index (χ4v) is 1.43. The van der Waals surface area contributed by atoms with E-state index in [1.54, 1.807) is 6.92 Å². The van der Waals surface area contributed by atoms with Crippen molar-refractivity contribution >= 4 is 5.78 Å². The molecule has 88 valence electrons. The van der Waals surface area contributed by atoms with Gasteiger partial charge in [-0.05, 0) is 18.6 Å². The number of carbonyl (C=O) groups excluding carboxylic acids is 1. The summed E-state index contributed by atoms with van der Waals surface area (Å²) in [5.74, 6) is -0.681. The second-order valence-electron chi connectivity index (χ2n) is 3.19. The molecule has 0 fully saturated rings. The summed E-state index contributed by atoms with van der Waals surface area (Å²) in [6.45, 7) is 1.56. The molecule has 0 aromatic heterocycles. The van der Waals surface area contributed by atoms with Crippen LogP contribution in [-0.4, -0.2) is 26.4 Å². The Bertz CT molecular complexity index is 402. The third-order valence-electron chi connectivity index (χ3n) is 2.17. The number of hydrogen-bond acceptors (Lipinski definition) is 3. The highest BCUT2D eigenvalue weighted by atomic mass is 19.3. The first kappa shape index (κ1) is 12.4. The van der Waals surface area contributed by atoms with Crippen molar-refractivity contribution in [3.05, 3.63) is 23.3 Å². The van der Waals surface area contributed by atoms with Crippen molar-refractivity contribution in [1.29, 1.82) is 0 Å². The van der Waals surface area contributed by atoms with Crippen LogP contribution in [0.5, 0.6) is 11.5 Å². The van der Waals surface area contributed by atoms with Gasteiger partial charge in [-0.2, -0.15) is 0 Å². The largest absolute Gasteiger partial charge is 0.497 e. The van der Waals surface area contributed by atoms with Gasteiger partial charge in [0.15, 0.2) is 0 Å². The maximum atomic E-state index is 12.4. The van der Waals surface area contributed by atoms with Crippen molar-refractivity contribution in [1.82, 2.24) is 0 Å². The topological polar surface area (TPSA) is 35.5 Å². The fraction of sp³-hybridized carbons (Fsp3) is 0.364. The zero-order chi connectivity index (χ0) is 12.3. The minimum Gasteiger partial charge on any atom is -0.497 e. The molecule has 16 heavy (non-hydrogen) atoms. The van der Waals surface area contributed by atoms with Gasteiger partial charge in [0.25, 0.3) is 0 Å². The minimum atomic E-state index is -3.04. The summed E-state index contributed by atoms with van der Waals surface area (Å²) in [6, 6.07) is 2.92. The zero-order valence-electron chi connectivity index (χ0n) is 9.21. The van der Waals surface area contributed by atoms with Gasteiger partial charge in [0, 0.05) is 6.07 Å². The standard InChI is InChI=1S/C11H12F2O3/c1-6-4-7(15-2)5-8(16-3)9(6)10(14)11(12)13/h4-5,11H,1-3H3. The lowest BCUT2D eigenvalue weighted by Crippen LogP contribution is -2.13. The molecule has 5 heteroatoms. The van der Waals surface area contributed by atoms with Gasteiger partial charge in [-0.3, -0.25) is 4.79 Å². The molecule has 1 aromatic rings. The van der Waals surface area contributed by atoms with Crippen LogP contribution in [-0.2, 0) is 0 Å². The molecule has 0 bridgehead atoms. The summed E-state index contributed by atoms with van der Waals surface area (Å²) in [4.78, 5) is 11.3. The van der Waals surface area contributed by atoms with Crippen molar-refractivity contribution in [2.45, 2.75) is 13.3 Å². The molecule has 3 nitrogen and oxygen atoms in total. The lowest BCUT2D eigenvalue weighted by atomic mass is 10.0. The van der Waals surface area contributed by atoms with Crippen LogP contribution in [0.15, 0.2) is 12.1 Å². The number of halogens is 2. The first-order chi connectivity index (χ1) is 7.51. The molecule has 0 aliphatic carbocycles. The van der Waals surface area contributed by atoms with E-state index in [2.05, 4.69) is 0 Å². The van der Waals surface area contributed by atoms with Gasteiger partial charge >= 0.3 is 6.43 Å². The average molecular weight is 230 g/mol. The highest BCUT2D eigenvalue weighted by molar-refractivity contribution is 6.02. The first-order valence-electron chi connectivity index (χ1n) is 4.56. The second-order valence-corrected chi connectivity index (χ2v) is 3.19. The maximum absolute atomic E-state index is 12.4. The van der Waals surface area contributed by atoms with E-state index in [-0.39, 0.29) is 11.3 Å². The smallest absolute Gasteiger partial charge is 0.300 e.